The molecule has 1 heterocycles. The van der Waals surface area contributed by atoms with E-state index in [0.29, 0.717) is 12.5 Å². The Labute approximate surface area is 103 Å². The van der Waals surface area contributed by atoms with Gasteiger partial charge in [-0.05, 0) is 19.8 Å². The van der Waals surface area contributed by atoms with Crippen molar-refractivity contribution >= 4 is 18.3 Å². The summed E-state index contributed by atoms with van der Waals surface area (Å²) in [4.78, 5) is 13.9. The summed E-state index contributed by atoms with van der Waals surface area (Å²) in [7, 11) is 0. The molecule has 0 aromatic rings. The normalized spacial score (nSPS) is 24.7. The third-order valence-electron chi connectivity index (χ3n) is 3.06. The fraction of sp³-hybridized carbons (Fsp3) is 0.909. The Hall–Kier alpha value is -0.320. The van der Waals surface area contributed by atoms with Gasteiger partial charge in [-0.2, -0.15) is 0 Å². The molecule has 4 nitrogen and oxygen atoms in total. The van der Waals surface area contributed by atoms with Crippen molar-refractivity contribution < 1.29 is 9.53 Å². The van der Waals surface area contributed by atoms with E-state index in [9.17, 15) is 4.79 Å². The lowest BCUT2D eigenvalue weighted by molar-refractivity contribution is -0.135. The minimum Gasteiger partial charge on any atom is -0.375 e. The summed E-state index contributed by atoms with van der Waals surface area (Å²) in [6.45, 7) is 5.34. The molecule has 94 valence electrons. The van der Waals surface area contributed by atoms with Gasteiger partial charge in [-0.25, -0.2) is 0 Å². The van der Waals surface area contributed by atoms with E-state index in [1.54, 1.807) is 0 Å². The molecule has 2 aliphatic rings. The van der Waals surface area contributed by atoms with Gasteiger partial charge in [0.05, 0.1) is 19.1 Å². The van der Waals surface area contributed by atoms with E-state index in [-0.39, 0.29) is 24.4 Å². The van der Waals surface area contributed by atoms with Gasteiger partial charge in [-0.1, -0.05) is 0 Å². The van der Waals surface area contributed by atoms with E-state index < -0.39 is 0 Å². The van der Waals surface area contributed by atoms with Crippen LogP contribution in [0.15, 0.2) is 0 Å². The zero-order valence-corrected chi connectivity index (χ0v) is 10.6. The number of hydrogen-bond donors (Lipinski definition) is 1. The van der Waals surface area contributed by atoms with Crippen LogP contribution < -0.4 is 5.32 Å². The molecule has 1 aliphatic carbocycles. The Bertz CT molecular complexity index is 228. The maximum absolute atomic E-state index is 11.9. The Morgan fingerprint density at radius 2 is 2.25 bits per heavy atom. The zero-order valence-electron chi connectivity index (χ0n) is 9.78. The number of morpholine rings is 1. The number of carbonyl (C=O) groups is 1. The standard InChI is InChI=1S/C11H20N2O2.ClH/c1-2-13(9-3-4-9)11(14)7-10-8-12-5-6-15-10;/h9-10,12H,2-8H2,1H3;1H. The highest BCUT2D eigenvalue weighted by atomic mass is 35.5. The first-order valence-electron chi connectivity index (χ1n) is 5.93. The number of rotatable bonds is 4. The average Bonchev–Trinajstić information content (AvgIpc) is 3.04. The zero-order chi connectivity index (χ0) is 10.7. The van der Waals surface area contributed by atoms with Crippen LogP contribution in [0.25, 0.3) is 0 Å². The van der Waals surface area contributed by atoms with Crippen LogP contribution in [0.4, 0.5) is 0 Å². The number of nitrogens with zero attached hydrogens (tertiary/aromatic N) is 1. The van der Waals surface area contributed by atoms with Gasteiger partial charge >= 0.3 is 0 Å². The molecule has 1 N–H and O–H groups in total. The maximum atomic E-state index is 11.9. The second-order valence-corrected chi connectivity index (χ2v) is 4.31. The van der Waals surface area contributed by atoms with Crippen LogP contribution in [-0.2, 0) is 9.53 Å². The van der Waals surface area contributed by atoms with E-state index in [1.165, 1.54) is 12.8 Å². The van der Waals surface area contributed by atoms with Crippen LogP contribution in [0.1, 0.15) is 26.2 Å². The SMILES string of the molecule is CCN(C(=O)CC1CNCCO1)C1CC1.Cl. The highest BCUT2D eigenvalue weighted by Crippen LogP contribution is 2.27. The number of amides is 1. The number of hydrogen-bond acceptors (Lipinski definition) is 3. The van der Waals surface area contributed by atoms with Crippen molar-refractivity contribution in [3.63, 3.8) is 0 Å². The van der Waals surface area contributed by atoms with Crippen molar-refractivity contribution in [3.05, 3.63) is 0 Å². The molecule has 1 saturated heterocycles. The monoisotopic (exact) mass is 248 g/mol. The van der Waals surface area contributed by atoms with E-state index in [2.05, 4.69) is 12.2 Å². The fourth-order valence-corrected chi connectivity index (χ4v) is 2.09. The van der Waals surface area contributed by atoms with Gasteiger partial charge in [0.1, 0.15) is 0 Å². The quantitative estimate of drug-likeness (QED) is 0.800. The topological polar surface area (TPSA) is 41.6 Å². The van der Waals surface area contributed by atoms with Crippen molar-refractivity contribution in [1.29, 1.82) is 0 Å². The minimum absolute atomic E-state index is 0. The van der Waals surface area contributed by atoms with Crippen LogP contribution in [0.3, 0.4) is 0 Å². The second kappa shape index (κ2) is 6.42. The first-order valence-corrected chi connectivity index (χ1v) is 5.93. The van der Waals surface area contributed by atoms with E-state index in [1.807, 2.05) is 4.90 Å². The van der Waals surface area contributed by atoms with Gasteiger partial charge < -0.3 is 15.0 Å². The smallest absolute Gasteiger partial charge is 0.225 e. The average molecular weight is 249 g/mol. The summed E-state index contributed by atoms with van der Waals surface area (Å²) in [6.07, 6.45) is 2.99. The van der Waals surface area contributed by atoms with Gasteiger partial charge in [0.15, 0.2) is 0 Å². The predicted molar refractivity (Wildman–Crippen MR) is 64.9 cm³/mol. The molecule has 1 atom stereocenters. The number of halogens is 1. The third kappa shape index (κ3) is 3.61. The summed E-state index contributed by atoms with van der Waals surface area (Å²) in [5.41, 5.74) is 0. The van der Waals surface area contributed by atoms with Crippen molar-refractivity contribution in [2.45, 2.75) is 38.3 Å². The largest absolute Gasteiger partial charge is 0.375 e. The fourth-order valence-electron chi connectivity index (χ4n) is 2.09. The molecule has 1 aliphatic heterocycles. The molecule has 1 unspecified atom stereocenters. The van der Waals surface area contributed by atoms with Crippen LogP contribution in [-0.4, -0.2) is 49.2 Å². The molecular formula is C11H21ClN2O2. The highest BCUT2D eigenvalue weighted by molar-refractivity contribution is 5.85. The Balaban J connectivity index is 0.00000128. The van der Waals surface area contributed by atoms with Crippen LogP contribution in [0.5, 0.6) is 0 Å². The van der Waals surface area contributed by atoms with Crippen LogP contribution in [0, 0.1) is 0 Å². The predicted octanol–water partition coefficient (Wildman–Crippen LogP) is 0.798. The van der Waals surface area contributed by atoms with Crippen molar-refractivity contribution in [2.75, 3.05) is 26.2 Å². The van der Waals surface area contributed by atoms with Gasteiger partial charge in [0.25, 0.3) is 0 Å². The van der Waals surface area contributed by atoms with E-state index in [4.69, 9.17) is 4.74 Å². The Kier molecular flexibility index (Phi) is 5.52. The van der Waals surface area contributed by atoms with Gasteiger partial charge in [-0.15, -0.1) is 12.4 Å². The summed E-state index contributed by atoms with van der Waals surface area (Å²) < 4.78 is 5.53. The minimum atomic E-state index is 0. The highest BCUT2D eigenvalue weighted by Gasteiger charge is 2.32. The summed E-state index contributed by atoms with van der Waals surface area (Å²) in [5, 5.41) is 3.25. The van der Waals surface area contributed by atoms with Crippen LogP contribution >= 0.6 is 12.4 Å². The first kappa shape index (κ1) is 13.7. The molecular weight excluding hydrogens is 228 g/mol. The summed E-state index contributed by atoms with van der Waals surface area (Å²) in [6, 6.07) is 0.527. The molecule has 1 amide bonds. The molecule has 0 aromatic heterocycles. The molecule has 5 heteroatoms. The molecule has 0 aromatic carbocycles. The number of carbonyl (C=O) groups excluding carboxylic acids is 1. The van der Waals surface area contributed by atoms with E-state index in [0.717, 1.165) is 26.2 Å². The van der Waals surface area contributed by atoms with Crippen molar-refractivity contribution in [1.82, 2.24) is 10.2 Å². The third-order valence-corrected chi connectivity index (χ3v) is 3.06. The van der Waals surface area contributed by atoms with Crippen molar-refractivity contribution in [2.24, 2.45) is 0 Å². The Morgan fingerprint density at radius 3 is 2.75 bits per heavy atom. The molecule has 2 rings (SSSR count). The lowest BCUT2D eigenvalue weighted by atomic mass is 10.2. The van der Waals surface area contributed by atoms with Gasteiger partial charge in [-0.3, -0.25) is 4.79 Å². The van der Waals surface area contributed by atoms with E-state index >= 15 is 0 Å². The number of ether oxygens (including phenoxy) is 1. The molecule has 1 saturated carbocycles. The molecule has 0 spiro atoms. The molecule has 0 bridgehead atoms. The molecule has 16 heavy (non-hydrogen) atoms. The van der Waals surface area contributed by atoms with Crippen LogP contribution in [0.2, 0.25) is 0 Å². The lowest BCUT2D eigenvalue weighted by Crippen LogP contribution is -2.43. The van der Waals surface area contributed by atoms with Gasteiger partial charge in [0.2, 0.25) is 5.91 Å². The second-order valence-electron chi connectivity index (χ2n) is 4.31. The summed E-state index contributed by atoms with van der Waals surface area (Å²) >= 11 is 0. The van der Waals surface area contributed by atoms with Gasteiger partial charge in [0, 0.05) is 25.7 Å². The molecule has 2 fully saturated rings. The maximum Gasteiger partial charge on any atom is 0.225 e. The summed E-state index contributed by atoms with van der Waals surface area (Å²) in [5.74, 6) is 0.258. The Morgan fingerprint density at radius 1 is 1.50 bits per heavy atom. The van der Waals surface area contributed by atoms with Crippen molar-refractivity contribution in [3.8, 4) is 0 Å². The lowest BCUT2D eigenvalue weighted by Gasteiger charge is -2.26. The number of nitrogens with one attached hydrogen (secondary N) is 1. The first-order chi connectivity index (χ1) is 7.31. The molecule has 0 radical (unpaired) electrons.